The minimum atomic E-state index is 0.935. The zero-order chi connectivity index (χ0) is 23.6. The van der Waals surface area contributed by atoms with Crippen molar-refractivity contribution < 1.29 is 0 Å². The molecule has 0 unspecified atom stereocenters. The Hall–Kier alpha value is -4.89. The van der Waals surface area contributed by atoms with E-state index in [1.165, 1.54) is 60.1 Å². The van der Waals surface area contributed by atoms with Crippen molar-refractivity contribution in [3.8, 4) is 11.5 Å². The fourth-order valence-electron chi connectivity index (χ4n) is 5.93. The summed E-state index contributed by atoms with van der Waals surface area (Å²) in [5.74, 6) is 0.935. The Morgan fingerprint density at radius 1 is 0.389 bits per heavy atom. The number of para-hydroxylation sites is 3. The van der Waals surface area contributed by atoms with Gasteiger partial charge in [0.05, 0.1) is 22.1 Å². The number of pyridine rings is 1. The minimum Gasteiger partial charge on any atom is -0.309 e. The lowest BCUT2D eigenvalue weighted by molar-refractivity contribution is 1.08. The lowest BCUT2D eigenvalue weighted by atomic mass is 9.99. The van der Waals surface area contributed by atoms with E-state index in [4.69, 9.17) is 0 Å². The first-order valence-corrected chi connectivity index (χ1v) is 12.2. The third kappa shape index (κ3) is 2.54. The first kappa shape index (κ1) is 19.4. The van der Waals surface area contributed by atoms with Crippen molar-refractivity contribution in [3.63, 3.8) is 0 Å². The largest absolute Gasteiger partial charge is 0.309 e. The Morgan fingerprint density at radius 2 is 0.944 bits per heavy atom. The highest BCUT2D eigenvalue weighted by Crippen LogP contribution is 2.42. The number of hydrogen-bond acceptors (Lipinski definition) is 1. The van der Waals surface area contributed by atoms with E-state index >= 15 is 0 Å². The van der Waals surface area contributed by atoms with Gasteiger partial charge in [-0.05, 0) is 59.3 Å². The number of benzene rings is 5. The van der Waals surface area contributed by atoms with Gasteiger partial charge in [-0.15, -0.1) is 0 Å². The number of hydrogen-bond donors (Lipinski definition) is 0. The van der Waals surface area contributed by atoms with Gasteiger partial charge in [0.1, 0.15) is 5.82 Å². The standard InChI is InChI=1S/C33H21N3/c1-2-10-22(11-3-1)35-27-14-6-4-12-25(27)32-23-18-20-30-33(24(23)17-19-29(32)35)26-13-5-7-15-28(26)36(30)31-16-8-9-21-34-31/h1-21H. The average Bonchev–Trinajstić information content (AvgIpc) is 3.47. The molecule has 0 atom stereocenters. The molecule has 3 heteroatoms. The third-order valence-electron chi connectivity index (χ3n) is 7.36. The highest BCUT2D eigenvalue weighted by molar-refractivity contribution is 6.29. The van der Waals surface area contributed by atoms with Crippen LogP contribution in [0.4, 0.5) is 0 Å². The van der Waals surface area contributed by atoms with Crippen molar-refractivity contribution in [1.82, 2.24) is 14.1 Å². The van der Waals surface area contributed by atoms with Crippen LogP contribution in [0.15, 0.2) is 128 Å². The van der Waals surface area contributed by atoms with Crippen LogP contribution in [0.25, 0.3) is 65.9 Å². The summed E-state index contributed by atoms with van der Waals surface area (Å²) >= 11 is 0. The molecule has 8 aromatic rings. The van der Waals surface area contributed by atoms with E-state index in [1.807, 2.05) is 18.3 Å². The second-order valence-corrected chi connectivity index (χ2v) is 9.24. The number of aromatic nitrogens is 3. The SMILES string of the molecule is c1ccc(-n2c3ccccc3c3c4ccc5c(c4ccc32)c2ccccc2n5-c2ccccn2)cc1. The second kappa shape index (κ2) is 7.30. The Bertz CT molecular complexity index is 1930. The third-order valence-corrected chi connectivity index (χ3v) is 7.36. The summed E-state index contributed by atoms with van der Waals surface area (Å²) in [5, 5.41) is 7.62. The molecule has 3 aromatic heterocycles. The van der Waals surface area contributed by atoms with E-state index < -0.39 is 0 Å². The Kier molecular flexibility index (Phi) is 3.94. The van der Waals surface area contributed by atoms with E-state index in [1.54, 1.807) is 0 Å². The Balaban J connectivity index is 1.57. The van der Waals surface area contributed by atoms with Crippen molar-refractivity contribution >= 4 is 54.4 Å². The zero-order valence-electron chi connectivity index (χ0n) is 19.5. The molecule has 5 aromatic carbocycles. The molecule has 0 saturated heterocycles. The van der Waals surface area contributed by atoms with Crippen molar-refractivity contribution in [1.29, 1.82) is 0 Å². The van der Waals surface area contributed by atoms with Crippen LogP contribution in [0.5, 0.6) is 0 Å². The predicted octanol–water partition coefficient (Wildman–Crippen LogP) is 8.43. The number of nitrogens with zero attached hydrogens (tertiary/aromatic N) is 3. The quantitative estimate of drug-likeness (QED) is 0.254. The van der Waals surface area contributed by atoms with Gasteiger partial charge in [-0.25, -0.2) is 4.98 Å². The molecule has 36 heavy (non-hydrogen) atoms. The highest BCUT2D eigenvalue weighted by Gasteiger charge is 2.19. The van der Waals surface area contributed by atoms with Crippen LogP contribution >= 0.6 is 0 Å². The van der Waals surface area contributed by atoms with E-state index in [0.29, 0.717) is 0 Å². The van der Waals surface area contributed by atoms with Crippen LogP contribution in [-0.2, 0) is 0 Å². The van der Waals surface area contributed by atoms with E-state index in [-0.39, 0.29) is 0 Å². The Morgan fingerprint density at radius 3 is 1.58 bits per heavy atom. The lowest BCUT2D eigenvalue weighted by Gasteiger charge is -2.09. The molecule has 3 nitrogen and oxygen atoms in total. The molecule has 0 fully saturated rings. The fraction of sp³-hybridized carbons (Fsp3) is 0. The van der Waals surface area contributed by atoms with Gasteiger partial charge in [0.2, 0.25) is 0 Å². The van der Waals surface area contributed by atoms with Gasteiger partial charge in [-0.1, -0.05) is 72.8 Å². The molecule has 3 heterocycles. The molecule has 8 rings (SSSR count). The molecular formula is C33H21N3. The van der Waals surface area contributed by atoms with Crippen LogP contribution < -0.4 is 0 Å². The van der Waals surface area contributed by atoms with Gasteiger partial charge >= 0.3 is 0 Å². The van der Waals surface area contributed by atoms with Gasteiger partial charge in [-0.2, -0.15) is 0 Å². The molecular weight excluding hydrogens is 438 g/mol. The van der Waals surface area contributed by atoms with Crippen LogP contribution in [0.1, 0.15) is 0 Å². The first-order chi connectivity index (χ1) is 17.9. The number of fused-ring (bicyclic) bond motifs is 9. The fourth-order valence-corrected chi connectivity index (χ4v) is 5.93. The second-order valence-electron chi connectivity index (χ2n) is 9.24. The van der Waals surface area contributed by atoms with E-state index in [0.717, 1.165) is 5.82 Å². The van der Waals surface area contributed by atoms with Crippen LogP contribution in [0.2, 0.25) is 0 Å². The molecule has 0 bridgehead atoms. The van der Waals surface area contributed by atoms with Gasteiger partial charge < -0.3 is 4.57 Å². The summed E-state index contributed by atoms with van der Waals surface area (Å²) in [4.78, 5) is 4.69. The van der Waals surface area contributed by atoms with Crippen LogP contribution in [0.3, 0.4) is 0 Å². The van der Waals surface area contributed by atoms with E-state index in [9.17, 15) is 0 Å². The summed E-state index contributed by atoms with van der Waals surface area (Å²) in [7, 11) is 0. The average molecular weight is 460 g/mol. The van der Waals surface area contributed by atoms with Gasteiger partial charge in [0, 0.05) is 33.4 Å². The molecule has 168 valence electrons. The summed E-state index contributed by atoms with van der Waals surface area (Å²) in [6, 6.07) is 43.3. The smallest absolute Gasteiger partial charge is 0.137 e. The molecule has 0 aliphatic heterocycles. The molecule has 0 saturated carbocycles. The molecule has 0 N–H and O–H groups in total. The lowest BCUT2D eigenvalue weighted by Crippen LogP contribution is -1.96. The topological polar surface area (TPSA) is 22.8 Å². The van der Waals surface area contributed by atoms with Gasteiger partial charge in [0.25, 0.3) is 0 Å². The summed E-state index contributed by atoms with van der Waals surface area (Å²) in [5.41, 5.74) is 5.97. The van der Waals surface area contributed by atoms with Crippen LogP contribution in [-0.4, -0.2) is 14.1 Å². The Labute approximate surface area is 207 Å². The van der Waals surface area contributed by atoms with Crippen molar-refractivity contribution in [2.75, 3.05) is 0 Å². The molecule has 0 spiro atoms. The maximum absolute atomic E-state index is 4.69. The molecule has 0 amide bonds. The van der Waals surface area contributed by atoms with Gasteiger partial charge in [-0.3, -0.25) is 4.57 Å². The molecule has 0 radical (unpaired) electrons. The summed E-state index contributed by atoms with van der Waals surface area (Å²) in [6.45, 7) is 0. The summed E-state index contributed by atoms with van der Waals surface area (Å²) < 4.78 is 4.66. The van der Waals surface area contributed by atoms with Crippen molar-refractivity contribution in [2.45, 2.75) is 0 Å². The zero-order valence-corrected chi connectivity index (χ0v) is 19.5. The normalized spacial score (nSPS) is 11.9. The van der Waals surface area contributed by atoms with Crippen molar-refractivity contribution in [3.05, 3.63) is 128 Å². The maximum Gasteiger partial charge on any atom is 0.137 e. The number of rotatable bonds is 2. The van der Waals surface area contributed by atoms with E-state index in [2.05, 4.69) is 123 Å². The highest BCUT2D eigenvalue weighted by atomic mass is 15.1. The molecule has 0 aliphatic rings. The summed E-state index contributed by atoms with van der Waals surface area (Å²) in [6.07, 6.45) is 1.86. The van der Waals surface area contributed by atoms with Gasteiger partial charge in [0.15, 0.2) is 0 Å². The minimum absolute atomic E-state index is 0.935. The van der Waals surface area contributed by atoms with Crippen molar-refractivity contribution in [2.24, 2.45) is 0 Å². The first-order valence-electron chi connectivity index (χ1n) is 12.2. The maximum atomic E-state index is 4.69. The molecule has 0 aliphatic carbocycles. The van der Waals surface area contributed by atoms with Crippen LogP contribution in [0, 0.1) is 0 Å². The predicted molar refractivity (Wildman–Crippen MR) is 150 cm³/mol. The monoisotopic (exact) mass is 459 g/mol.